The van der Waals surface area contributed by atoms with Crippen LogP contribution in [0.15, 0.2) is 66.0 Å². The molecule has 0 aliphatic carbocycles. The Kier molecular flexibility index (Phi) is 8.03. The summed E-state index contributed by atoms with van der Waals surface area (Å²) in [5, 5.41) is 11.8. The van der Waals surface area contributed by atoms with Crippen LogP contribution in [0.4, 0.5) is 8.78 Å². The van der Waals surface area contributed by atoms with Crippen LogP contribution in [-0.2, 0) is 11.2 Å². The van der Waals surface area contributed by atoms with Crippen LogP contribution in [0, 0.1) is 11.6 Å². The van der Waals surface area contributed by atoms with Gasteiger partial charge in [-0.1, -0.05) is 66.5 Å². The molecule has 4 aromatic rings. The molecule has 1 unspecified atom stereocenters. The number of halogens is 5. The predicted octanol–water partition coefficient (Wildman–Crippen LogP) is 8.78. The first-order valence-electron chi connectivity index (χ1n) is 11.1. The molecule has 4 rings (SSSR count). The second kappa shape index (κ2) is 10.7. The van der Waals surface area contributed by atoms with Crippen molar-refractivity contribution in [2.24, 2.45) is 0 Å². The molecule has 0 spiro atoms. The van der Waals surface area contributed by atoms with Crippen molar-refractivity contribution in [1.82, 2.24) is 9.55 Å². The molecule has 1 atom stereocenters. The monoisotopic (exact) mass is 566 g/mol. The number of hydrogen-bond donors (Lipinski definition) is 1. The van der Waals surface area contributed by atoms with Gasteiger partial charge in [-0.15, -0.1) is 0 Å². The average Bonchev–Trinajstić information content (AvgIpc) is 3.23. The Bertz CT molecular complexity index is 1380. The van der Waals surface area contributed by atoms with E-state index in [4.69, 9.17) is 34.8 Å². The fourth-order valence-corrected chi connectivity index (χ4v) is 6.10. The number of nitrogens with zero attached hydrogens (tertiary/aromatic N) is 2. The van der Waals surface area contributed by atoms with Crippen LogP contribution in [0.2, 0.25) is 15.1 Å². The Morgan fingerprint density at radius 2 is 1.56 bits per heavy atom. The van der Waals surface area contributed by atoms with Crippen LogP contribution >= 0.6 is 46.6 Å². The number of aliphatic hydroxyl groups is 1. The molecule has 36 heavy (non-hydrogen) atoms. The minimum atomic E-state index is -0.812. The normalized spacial score (nSPS) is 12.7. The van der Waals surface area contributed by atoms with Gasteiger partial charge in [-0.2, -0.15) is 0 Å². The number of thioether (sulfide) groups is 1. The van der Waals surface area contributed by atoms with Crippen LogP contribution < -0.4 is 0 Å². The lowest BCUT2D eigenvalue weighted by molar-refractivity contribution is 0.199. The minimum absolute atomic E-state index is 0.338. The topological polar surface area (TPSA) is 38.1 Å². The van der Waals surface area contributed by atoms with Crippen molar-refractivity contribution in [2.75, 3.05) is 0 Å². The third-order valence-corrected chi connectivity index (χ3v) is 8.02. The van der Waals surface area contributed by atoms with Gasteiger partial charge in [0, 0.05) is 37.5 Å². The third-order valence-electron chi connectivity index (χ3n) is 6.05. The fraction of sp³-hybridized carbons (Fsp3) is 0.222. The SMILES string of the molecule is CC(O)c1c(Cl)cc(C(C)(C)c2cnc(SCc3ccc(F)cc3Cl)n2-c2ccc(F)cc2)cc1Cl. The molecule has 0 aliphatic rings. The van der Waals surface area contributed by atoms with Crippen molar-refractivity contribution in [3.05, 3.63) is 110 Å². The second-order valence-corrected chi connectivity index (χ2v) is 11.1. The van der Waals surface area contributed by atoms with Crippen molar-refractivity contribution in [1.29, 1.82) is 0 Å². The number of rotatable bonds is 7. The summed E-state index contributed by atoms with van der Waals surface area (Å²) < 4.78 is 29.2. The number of benzene rings is 3. The maximum absolute atomic E-state index is 13.7. The molecule has 3 aromatic carbocycles. The summed E-state index contributed by atoms with van der Waals surface area (Å²) in [5.74, 6) is -0.290. The van der Waals surface area contributed by atoms with E-state index in [1.807, 2.05) is 18.4 Å². The Hall–Kier alpha value is -2.09. The molecule has 0 saturated carbocycles. The van der Waals surface area contributed by atoms with Gasteiger partial charge in [0.25, 0.3) is 0 Å². The lowest BCUT2D eigenvalue weighted by Crippen LogP contribution is -2.23. The van der Waals surface area contributed by atoms with E-state index in [1.165, 1.54) is 36.0 Å². The zero-order chi connectivity index (χ0) is 26.2. The summed E-state index contributed by atoms with van der Waals surface area (Å²) in [6.45, 7) is 5.64. The average molecular weight is 568 g/mol. The van der Waals surface area contributed by atoms with Crippen molar-refractivity contribution < 1.29 is 13.9 Å². The molecule has 0 bridgehead atoms. The molecule has 0 saturated heterocycles. The highest BCUT2D eigenvalue weighted by molar-refractivity contribution is 7.98. The molecule has 0 amide bonds. The van der Waals surface area contributed by atoms with Gasteiger partial charge in [0.15, 0.2) is 5.16 Å². The van der Waals surface area contributed by atoms with Crippen LogP contribution in [0.5, 0.6) is 0 Å². The van der Waals surface area contributed by atoms with Crippen molar-refractivity contribution in [3.63, 3.8) is 0 Å². The van der Waals surface area contributed by atoms with E-state index in [1.54, 1.807) is 43.5 Å². The summed E-state index contributed by atoms with van der Waals surface area (Å²) in [6, 6.07) is 14.0. The van der Waals surface area contributed by atoms with Gasteiger partial charge in [-0.25, -0.2) is 13.8 Å². The van der Waals surface area contributed by atoms with Gasteiger partial charge in [0.2, 0.25) is 0 Å². The highest BCUT2D eigenvalue weighted by Crippen LogP contribution is 2.41. The molecule has 1 heterocycles. The Morgan fingerprint density at radius 1 is 0.944 bits per heavy atom. The van der Waals surface area contributed by atoms with Crippen molar-refractivity contribution >= 4 is 46.6 Å². The molecule has 0 aliphatic heterocycles. The maximum Gasteiger partial charge on any atom is 0.173 e. The zero-order valence-corrected chi connectivity index (χ0v) is 22.8. The molecule has 1 aromatic heterocycles. The summed E-state index contributed by atoms with van der Waals surface area (Å²) in [7, 11) is 0. The molecule has 9 heteroatoms. The molecule has 0 radical (unpaired) electrons. The lowest BCUT2D eigenvalue weighted by atomic mass is 9.81. The van der Waals surface area contributed by atoms with E-state index >= 15 is 0 Å². The highest BCUT2D eigenvalue weighted by Gasteiger charge is 2.31. The first-order chi connectivity index (χ1) is 17.0. The van der Waals surface area contributed by atoms with Gasteiger partial charge in [-0.3, -0.25) is 4.57 Å². The van der Waals surface area contributed by atoms with Gasteiger partial charge in [0.1, 0.15) is 11.6 Å². The number of aromatic nitrogens is 2. The second-order valence-electron chi connectivity index (χ2n) is 8.92. The molecular weight excluding hydrogens is 545 g/mol. The Morgan fingerprint density at radius 3 is 2.14 bits per heavy atom. The van der Waals surface area contributed by atoms with Crippen molar-refractivity contribution in [3.8, 4) is 5.69 Å². The van der Waals surface area contributed by atoms with E-state index < -0.39 is 17.3 Å². The van der Waals surface area contributed by atoms with E-state index in [9.17, 15) is 13.9 Å². The molecule has 0 fully saturated rings. The summed E-state index contributed by atoms with van der Waals surface area (Å²) in [4.78, 5) is 4.67. The van der Waals surface area contributed by atoms with E-state index in [2.05, 4.69) is 4.98 Å². The zero-order valence-electron chi connectivity index (χ0n) is 19.7. The quantitative estimate of drug-likeness (QED) is 0.227. The van der Waals surface area contributed by atoms with Gasteiger partial charge in [-0.05, 0) is 66.6 Å². The number of hydrogen-bond acceptors (Lipinski definition) is 3. The third kappa shape index (κ3) is 5.43. The maximum atomic E-state index is 13.7. The lowest BCUT2D eigenvalue weighted by Gasteiger charge is -2.28. The summed E-state index contributed by atoms with van der Waals surface area (Å²) in [6.07, 6.45) is 0.954. The van der Waals surface area contributed by atoms with Crippen LogP contribution in [0.25, 0.3) is 5.69 Å². The molecule has 188 valence electrons. The predicted molar refractivity (Wildman–Crippen MR) is 144 cm³/mol. The first kappa shape index (κ1) is 27.0. The van der Waals surface area contributed by atoms with Crippen LogP contribution in [0.3, 0.4) is 0 Å². The van der Waals surface area contributed by atoms with Gasteiger partial charge >= 0.3 is 0 Å². The fourth-order valence-electron chi connectivity index (χ4n) is 3.99. The minimum Gasteiger partial charge on any atom is -0.389 e. The van der Waals surface area contributed by atoms with Gasteiger partial charge < -0.3 is 5.11 Å². The Labute approximate surface area is 228 Å². The molecule has 3 nitrogen and oxygen atoms in total. The highest BCUT2D eigenvalue weighted by atomic mass is 35.5. The Balaban J connectivity index is 1.80. The van der Waals surface area contributed by atoms with E-state index in [0.29, 0.717) is 31.5 Å². The van der Waals surface area contributed by atoms with E-state index in [-0.39, 0.29) is 5.82 Å². The largest absolute Gasteiger partial charge is 0.389 e. The van der Waals surface area contributed by atoms with E-state index in [0.717, 1.165) is 22.5 Å². The molecule has 1 N–H and O–H groups in total. The number of imidazole rings is 1. The van der Waals surface area contributed by atoms with Crippen molar-refractivity contribution in [2.45, 2.75) is 43.2 Å². The van der Waals surface area contributed by atoms with Crippen LogP contribution in [0.1, 0.15) is 49.3 Å². The van der Waals surface area contributed by atoms with Gasteiger partial charge in [0.05, 0.1) is 18.0 Å². The summed E-state index contributed by atoms with van der Waals surface area (Å²) >= 11 is 20.6. The standard InChI is InChI=1S/C27H23Cl3F2N2OS/c1-15(35)25-22(29)10-17(11-23(25)30)27(2,3)24-13-33-26(34(24)20-8-6-18(31)7-9-20)36-14-16-4-5-19(32)12-21(16)28/h4-13,15,35H,14H2,1-3H3. The first-order valence-corrected chi connectivity index (χ1v) is 13.2. The molecular formula is C27H23Cl3F2N2OS. The number of aliphatic hydroxyl groups excluding tert-OH is 1. The smallest absolute Gasteiger partial charge is 0.173 e. The van der Waals surface area contributed by atoms with Crippen LogP contribution in [-0.4, -0.2) is 14.7 Å². The summed E-state index contributed by atoms with van der Waals surface area (Å²) in [5.41, 5.74) is 2.98.